The molecule has 0 heterocycles. The number of allylic oxidation sites excluding steroid dienone is 2. The van der Waals surface area contributed by atoms with E-state index in [1.165, 1.54) is 0 Å². The zero-order chi connectivity index (χ0) is 24.2. The van der Waals surface area contributed by atoms with Gasteiger partial charge in [0.2, 0.25) is 6.29 Å². The molecule has 4 heteroatoms. The van der Waals surface area contributed by atoms with Crippen molar-refractivity contribution < 1.29 is 19.3 Å². The minimum Gasteiger partial charge on any atom is -0.465 e. The van der Waals surface area contributed by atoms with Crippen molar-refractivity contribution in [3.8, 4) is 11.5 Å². The second-order valence-corrected chi connectivity index (χ2v) is 7.75. The van der Waals surface area contributed by atoms with Crippen LogP contribution in [-0.4, -0.2) is 18.0 Å². The average molecular weight is 457 g/mol. The fraction of sp³-hybridized carbons (Fsp3) is 0.200. The van der Waals surface area contributed by atoms with E-state index in [9.17, 15) is 5.11 Å². The van der Waals surface area contributed by atoms with Crippen LogP contribution in [0.4, 0.5) is 0 Å². The van der Waals surface area contributed by atoms with E-state index in [0.717, 1.165) is 28.9 Å². The molecule has 3 aromatic rings. The van der Waals surface area contributed by atoms with Gasteiger partial charge < -0.3 is 19.3 Å². The number of aliphatic hydroxyl groups is 1. The van der Waals surface area contributed by atoms with Crippen LogP contribution in [0.1, 0.15) is 48.8 Å². The van der Waals surface area contributed by atoms with Crippen molar-refractivity contribution in [3.05, 3.63) is 114 Å². The molecule has 3 rings (SSSR count). The van der Waals surface area contributed by atoms with E-state index in [-0.39, 0.29) is 6.29 Å². The van der Waals surface area contributed by atoms with Gasteiger partial charge in [-0.3, -0.25) is 0 Å². The summed E-state index contributed by atoms with van der Waals surface area (Å²) >= 11 is 0. The lowest BCUT2D eigenvalue weighted by Gasteiger charge is -2.14. The van der Waals surface area contributed by atoms with Gasteiger partial charge in [-0.2, -0.15) is 0 Å². The molecule has 2 unspecified atom stereocenters. The molecule has 176 valence electrons. The fourth-order valence-electron chi connectivity index (χ4n) is 3.15. The quantitative estimate of drug-likeness (QED) is 0.230. The Balaban J connectivity index is 1.48. The Kier molecular flexibility index (Phi) is 9.71. The average Bonchev–Trinajstić information content (AvgIpc) is 2.87. The molecule has 0 saturated carbocycles. The number of rotatable bonds is 12. The van der Waals surface area contributed by atoms with Crippen molar-refractivity contribution in [2.24, 2.45) is 0 Å². The summed E-state index contributed by atoms with van der Waals surface area (Å²) in [5.41, 5.74) is 3.80. The summed E-state index contributed by atoms with van der Waals surface area (Å²) in [4.78, 5) is 0. The topological polar surface area (TPSA) is 47.9 Å². The van der Waals surface area contributed by atoms with Crippen LogP contribution in [0.5, 0.6) is 11.5 Å². The molecule has 0 aromatic heterocycles. The summed E-state index contributed by atoms with van der Waals surface area (Å²) in [6.07, 6.45) is 9.46. The summed E-state index contributed by atoms with van der Waals surface area (Å²) in [7, 11) is 0. The summed E-state index contributed by atoms with van der Waals surface area (Å²) in [5, 5.41) is 10.3. The molecule has 1 N–H and O–H groups in total. The Labute approximate surface area is 202 Å². The van der Waals surface area contributed by atoms with Crippen LogP contribution >= 0.6 is 0 Å². The summed E-state index contributed by atoms with van der Waals surface area (Å²) in [6, 6.07) is 22.9. The molecule has 34 heavy (non-hydrogen) atoms. The zero-order valence-electron chi connectivity index (χ0n) is 19.8. The van der Waals surface area contributed by atoms with Crippen molar-refractivity contribution in [3.63, 3.8) is 0 Å². The van der Waals surface area contributed by atoms with E-state index in [2.05, 4.69) is 13.5 Å². The molecular formula is C30H32O4. The van der Waals surface area contributed by atoms with E-state index in [0.29, 0.717) is 17.9 Å². The highest BCUT2D eigenvalue weighted by atomic mass is 16.7. The molecule has 0 aliphatic rings. The van der Waals surface area contributed by atoms with E-state index >= 15 is 0 Å². The van der Waals surface area contributed by atoms with E-state index in [1.807, 2.05) is 104 Å². The predicted octanol–water partition coefficient (Wildman–Crippen LogP) is 7.28. The van der Waals surface area contributed by atoms with E-state index in [4.69, 9.17) is 14.2 Å². The lowest BCUT2D eigenvalue weighted by atomic mass is 10.1. The Morgan fingerprint density at radius 2 is 1.26 bits per heavy atom. The Bertz CT molecular complexity index is 1060. The number of hydrogen-bond donors (Lipinski definition) is 1. The molecular weight excluding hydrogens is 424 g/mol. The molecule has 0 spiro atoms. The molecule has 0 amide bonds. The van der Waals surface area contributed by atoms with Gasteiger partial charge in [-0.05, 0) is 54.3 Å². The maximum atomic E-state index is 10.3. The second kappa shape index (κ2) is 13.2. The van der Waals surface area contributed by atoms with E-state index in [1.54, 1.807) is 6.08 Å². The second-order valence-electron chi connectivity index (χ2n) is 7.75. The van der Waals surface area contributed by atoms with Crippen LogP contribution < -0.4 is 9.47 Å². The van der Waals surface area contributed by atoms with Gasteiger partial charge in [0.05, 0.1) is 6.61 Å². The number of benzene rings is 3. The van der Waals surface area contributed by atoms with Gasteiger partial charge in [0.1, 0.15) is 11.5 Å². The number of aliphatic hydroxyl groups excluding tert-OH is 1. The minimum absolute atomic E-state index is 0.256. The van der Waals surface area contributed by atoms with Gasteiger partial charge in [0.15, 0.2) is 6.29 Å². The van der Waals surface area contributed by atoms with Crippen molar-refractivity contribution in [1.29, 1.82) is 0 Å². The van der Waals surface area contributed by atoms with Crippen LogP contribution in [0.3, 0.4) is 0 Å². The summed E-state index contributed by atoms with van der Waals surface area (Å²) in [6.45, 7) is 8.39. The smallest absolute Gasteiger partial charge is 0.224 e. The molecule has 0 bridgehead atoms. The third-order valence-corrected chi connectivity index (χ3v) is 5.01. The molecule has 0 aliphatic heterocycles. The van der Waals surface area contributed by atoms with Gasteiger partial charge in [0, 0.05) is 5.56 Å². The highest BCUT2D eigenvalue weighted by molar-refractivity contribution is 5.58. The molecule has 0 fully saturated rings. The highest BCUT2D eigenvalue weighted by Crippen LogP contribution is 2.22. The molecule has 4 nitrogen and oxygen atoms in total. The normalized spacial score (nSPS) is 13.1. The first-order chi connectivity index (χ1) is 16.6. The summed E-state index contributed by atoms with van der Waals surface area (Å²) < 4.78 is 16.9. The number of ether oxygens (including phenoxy) is 3. The Hall–Kier alpha value is -3.60. The van der Waals surface area contributed by atoms with Crippen molar-refractivity contribution >= 4 is 18.2 Å². The van der Waals surface area contributed by atoms with Gasteiger partial charge in [0.25, 0.3) is 0 Å². The SMILES string of the molecule is C=Cc1ccc(C(O)Oc2ccc(C=CC=Cc3ccc(OC(C)OCCC)cc3)cc2)cc1. The van der Waals surface area contributed by atoms with E-state index < -0.39 is 6.29 Å². The zero-order valence-corrected chi connectivity index (χ0v) is 19.8. The van der Waals surface area contributed by atoms with Crippen LogP contribution in [0.25, 0.3) is 18.2 Å². The van der Waals surface area contributed by atoms with Crippen molar-refractivity contribution in [1.82, 2.24) is 0 Å². The van der Waals surface area contributed by atoms with Gasteiger partial charge in [-0.1, -0.05) is 92.4 Å². The highest BCUT2D eigenvalue weighted by Gasteiger charge is 2.08. The maximum Gasteiger partial charge on any atom is 0.224 e. The van der Waals surface area contributed by atoms with Crippen LogP contribution in [-0.2, 0) is 4.74 Å². The molecule has 3 aromatic carbocycles. The summed E-state index contributed by atoms with van der Waals surface area (Å²) in [5.74, 6) is 1.39. The van der Waals surface area contributed by atoms with Crippen LogP contribution in [0.2, 0.25) is 0 Å². The number of hydrogen-bond acceptors (Lipinski definition) is 4. The third kappa shape index (κ3) is 8.07. The van der Waals surface area contributed by atoms with Gasteiger partial charge >= 0.3 is 0 Å². The molecule has 0 aliphatic carbocycles. The predicted molar refractivity (Wildman–Crippen MR) is 139 cm³/mol. The standard InChI is InChI=1S/C30H32O4/c1-4-22-32-23(3)33-28-18-12-25(13-19-28)8-6-7-9-26-14-20-29(21-15-26)34-30(31)27-16-10-24(5-2)11-17-27/h5-21,23,30-31H,2,4,22H2,1,3H3. The monoisotopic (exact) mass is 456 g/mol. The first kappa shape index (κ1) is 25.0. The van der Waals surface area contributed by atoms with Gasteiger partial charge in [-0.15, -0.1) is 0 Å². The largest absolute Gasteiger partial charge is 0.465 e. The maximum absolute atomic E-state index is 10.3. The molecule has 2 atom stereocenters. The Morgan fingerprint density at radius 3 is 1.76 bits per heavy atom. The van der Waals surface area contributed by atoms with Gasteiger partial charge in [-0.25, -0.2) is 0 Å². The van der Waals surface area contributed by atoms with Crippen molar-refractivity contribution in [2.45, 2.75) is 32.8 Å². The Morgan fingerprint density at radius 1 is 0.765 bits per heavy atom. The fourth-order valence-corrected chi connectivity index (χ4v) is 3.15. The third-order valence-electron chi connectivity index (χ3n) is 5.01. The van der Waals surface area contributed by atoms with Crippen molar-refractivity contribution in [2.75, 3.05) is 6.61 Å². The molecule has 0 saturated heterocycles. The minimum atomic E-state index is -1.02. The first-order valence-electron chi connectivity index (χ1n) is 11.5. The molecule has 0 radical (unpaired) electrons. The first-order valence-corrected chi connectivity index (χ1v) is 11.5. The van der Waals surface area contributed by atoms with Crippen LogP contribution in [0, 0.1) is 0 Å². The lowest BCUT2D eigenvalue weighted by molar-refractivity contribution is -0.0662. The lowest BCUT2D eigenvalue weighted by Crippen LogP contribution is -2.16. The van der Waals surface area contributed by atoms with Crippen LogP contribution in [0.15, 0.2) is 91.5 Å².